The van der Waals surface area contributed by atoms with Crippen LogP contribution in [-0.4, -0.2) is 66.5 Å². The van der Waals surface area contributed by atoms with Gasteiger partial charge in [0.1, 0.15) is 0 Å². The van der Waals surface area contributed by atoms with Crippen LogP contribution in [0.5, 0.6) is 0 Å². The van der Waals surface area contributed by atoms with Crippen molar-refractivity contribution in [3.63, 3.8) is 0 Å². The molecular weight excluding hydrogens is 392 g/mol. The highest BCUT2D eigenvalue weighted by molar-refractivity contribution is 8.01. The molecule has 0 saturated carbocycles. The van der Waals surface area contributed by atoms with Crippen LogP contribution in [0.4, 0.5) is 0 Å². The fourth-order valence-corrected chi connectivity index (χ4v) is 6.53. The number of carbonyl (C=O) groups is 4. The number of hydrogen-bond donors (Lipinski definition) is 0. The van der Waals surface area contributed by atoms with Crippen LogP contribution in [0.2, 0.25) is 0 Å². The van der Waals surface area contributed by atoms with Gasteiger partial charge in [0.25, 0.3) is 23.6 Å². The molecule has 5 heterocycles. The van der Waals surface area contributed by atoms with E-state index in [4.69, 9.17) is 0 Å². The summed E-state index contributed by atoms with van der Waals surface area (Å²) in [7, 11) is 0. The topological polar surface area (TPSA) is 80.8 Å². The Labute approximate surface area is 168 Å². The summed E-state index contributed by atoms with van der Waals surface area (Å²) in [6.07, 6.45) is 0. The van der Waals surface area contributed by atoms with Crippen LogP contribution in [0.25, 0.3) is 0 Å². The average molecular weight is 404 g/mol. The molecule has 0 spiro atoms. The number of benzene rings is 2. The SMILES string of the molecule is O=C1c2ccccc2C(=O)N1N1C2SC3C(C21)N3N1C(=O)c2ccccc2C1=O. The van der Waals surface area contributed by atoms with E-state index >= 15 is 0 Å². The van der Waals surface area contributed by atoms with E-state index in [0.717, 1.165) is 0 Å². The fraction of sp³-hybridized carbons (Fsp3) is 0.200. The molecule has 0 aliphatic carbocycles. The van der Waals surface area contributed by atoms with Crippen molar-refractivity contribution in [2.75, 3.05) is 0 Å². The van der Waals surface area contributed by atoms with Crippen molar-refractivity contribution in [1.82, 2.24) is 20.0 Å². The Hall–Kier alpha value is -3.01. The largest absolute Gasteiger partial charge is 0.276 e. The van der Waals surface area contributed by atoms with Gasteiger partial charge in [0.2, 0.25) is 0 Å². The van der Waals surface area contributed by atoms with Gasteiger partial charge in [-0.15, -0.1) is 11.8 Å². The van der Waals surface area contributed by atoms with Crippen molar-refractivity contribution in [2.24, 2.45) is 0 Å². The Morgan fingerprint density at radius 1 is 0.552 bits per heavy atom. The highest BCUT2D eigenvalue weighted by atomic mass is 32.2. The van der Waals surface area contributed by atoms with Crippen LogP contribution in [-0.2, 0) is 0 Å². The Kier molecular flexibility index (Phi) is 2.70. The van der Waals surface area contributed by atoms with Crippen LogP contribution in [0.3, 0.4) is 0 Å². The molecule has 2 aromatic rings. The number of rotatable bonds is 2. The summed E-state index contributed by atoms with van der Waals surface area (Å²) in [6.45, 7) is 0. The van der Waals surface area contributed by atoms with E-state index in [2.05, 4.69) is 0 Å². The van der Waals surface area contributed by atoms with Crippen molar-refractivity contribution >= 4 is 35.4 Å². The molecule has 6 atom stereocenters. The summed E-state index contributed by atoms with van der Waals surface area (Å²) in [4.78, 5) is 51.0. The van der Waals surface area contributed by atoms with Gasteiger partial charge in [-0.25, -0.2) is 10.0 Å². The van der Waals surface area contributed by atoms with Gasteiger partial charge in [0.05, 0.1) is 45.1 Å². The molecule has 0 radical (unpaired) electrons. The number of hydrazine groups is 2. The van der Waals surface area contributed by atoms with E-state index in [9.17, 15) is 19.2 Å². The van der Waals surface area contributed by atoms with E-state index in [1.807, 2.05) is 0 Å². The van der Waals surface area contributed by atoms with E-state index < -0.39 is 0 Å². The Balaban J connectivity index is 1.15. The number of carbonyl (C=O) groups excluding carboxylic acids is 4. The molecule has 5 aliphatic rings. The summed E-state index contributed by atoms with van der Waals surface area (Å²) >= 11 is 1.58. The van der Waals surface area contributed by atoms with Gasteiger partial charge in [-0.3, -0.25) is 19.2 Å². The molecule has 8 nitrogen and oxygen atoms in total. The summed E-state index contributed by atoms with van der Waals surface area (Å²) in [5.74, 6) is -1.26. The van der Waals surface area contributed by atoms with Crippen molar-refractivity contribution in [3.8, 4) is 0 Å². The van der Waals surface area contributed by atoms with Crippen molar-refractivity contribution in [1.29, 1.82) is 0 Å². The molecule has 3 fully saturated rings. The lowest BCUT2D eigenvalue weighted by Crippen LogP contribution is -2.39. The zero-order chi connectivity index (χ0) is 19.6. The highest BCUT2D eigenvalue weighted by Gasteiger charge is 2.78. The number of thioether (sulfide) groups is 1. The molecular formula is C20H12N4O4S. The first-order chi connectivity index (χ1) is 14.1. The molecule has 4 amide bonds. The third-order valence-corrected chi connectivity index (χ3v) is 7.72. The predicted molar refractivity (Wildman–Crippen MR) is 100 cm³/mol. The molecule has 0 N–H and O–H groups in total. The first-order valence-corrected chi connectivity index (χ1v) is 10.2. The maximum Gasteiger partial charge on any atom is 0.276 e. The molecule has 0 aromatic heterocycles. The van der Waals surface area contributed by atoms with Crippen LogP contribution in [0.1, 0.15) is 41.4 Å². The van der Waals surface area contributed by atoms with Gasteiger partial charge in [-0.2, -0.15) is 10.0 Å². The lowest BCUT2D eigenvalue weighted by Gasteiger charge is -2.17. The average Bonchev–Trinajstić information content (AvgIpc) is 3.52. The molecule has 3 saturated heterocycles. The summed E-state index contributed by atoms with van der Waals surface area (Å²) in [6, 6.07) is 13.5. The normalized spacial score (nSPS) is 35.6. The van der Waals surface area contributed by atoms with Gasteiger partial charge >= 0.3 is 0 Å². The Bertz CT molecular complexity index is 1040. The lowest BCUT2D eigenvalue weighted by atomic mass is 10.1. The quantitative estimate of drug-likeness (QED) is 0.549. The molecule has 7 rings (SSSR count). The van der Waals surface area contributed by atoms with Crippen LogP contribution >= 0.6 is 11.8 Å². The zero-order valence-electron chi connectivity index (χ0n) is 14.8. The minimum Gasteiger partial charge on any atom is -0.267 e. The summed E-state index contributed by atoms with van der Waals surface area (Å²) in [5, 5.41) is 6.05. The van der Waals surface area contributed by atoms with E-state index in [-0.39, 0.29) is 46.5 Å². The summed E-state index contributed by atoms with van der Waals surface area (Å²) < 4.78 is 0. The Morgan fingerprint density at radius 2 is 0.862 bits per heavy atom. The van der Waals surface area contributed by atoms with Gasteiger partial charge in [-0.1, -0.05) is 24.3 Å². The van der Waals surface area contributed by atoms with E-state index in [0.29, 0.717) is 22.3 Å². The van der Waals surface area contributed by atoms with Crippen molar-refractivity contribution < 1.29 is 19.2 Å². The Morgan fingerprint density at radius 3 is 1.17 bits per heavy atom. The van der Waals surface area contributed by atoms with Gasteiger partial charge in [-0.05, 0) is 24.3 Å². The second kappa shape index (κ2) is 4.93. The summed E-state index contributed by atoms with van der Waals surface area (Å²) in [5.41, 5.74) is 1.66. The molecule has 6 unspecified atom stereocenters. The predicted octanol–water partition coefficient (Wildman–Crippen LogP) is 1.18. The zero-order valence-corrected chi connectivity index (χ0v) is 15.6. The fourth-order valence-electron chi connectivity index (χ4n) is 4.78. The third kappa shape index (κ3) is 1.75. The highest BCUT2D eigenvalue weighted by Crippen LogP contribution is 2.64. The molecule has 29 heavy (non-hydrogen) atoms. The van der Waals surface area contributed by atoms with Crippen molar-refractivity contribution in [3.05, 3.63) is 70.8 Å². The van der Waals surface area contributed by atoms with Crippen LogP contribution in [0, 0.1) is 0 Å². The molecule has 2 aromatic carbocycles. The van der Waals surface area contributed by atoms with Gasteiger partial charge in [0.15, 0.2) is 0 Å². The standard InChI is InChI=1S/C20H12N4O4S/c25-15-9-5-1-2-6-10(9)16(26)23(15)21-13-14-20(29-19(13)21)22(14)24-17(27)11-7-3-4-8-12(11)18(24)28/h1-8,13-14,19-20H. The second-order valence-electron chi connectivity index (χ2n) is 7.59. The van der Waals surface area contributed by atoms with Gasteiger partial charge in [0, 0.05) is 0 Å². The minimum atomic E-state index is -0.315. The van der Waals surface area contributed by atoms with Crippen LogP contribution < -0.4 is 0 Å². The maximum absolute atomic E-state index is 12.8. The third-order valence-electron chi connectivity index (χ3n) is 6.17. The van der Waals surface area contributed by atoms with Gasteiger partial charge < -0.3 is 0 Å². The first kappa shape index (κ1) is 15.9. The minimum absolute atomic E-state index is 0.0126. The first-order valence-electron chi connectivity index (χ1n) is 9.27. The smallest absolute Gasteiger partial charge is 0.267 e. The lowest BCUT2D eigenvalue weighted by molar-refractivity contribution is 0.0287. The van der Waals surface area contributed by atoms with E-state index in [1.165, 1.54) is 10.0 Å². The second-order valence-corrected chi connectivity index (χ2v) is 8.83. The number of amides is 4. The molecule has 5 aliphatic heterocycles. The molecule has 9 heteroatoms. The number of imide groups is 2. The number of fused-ring (bicyclic) bond motifs is 5. The number of hydrogen-bond acceptors (Lipinski definition) is 7. The molecule has 142 valence electrons. The van der Waals surface area contributed by atoms with E-state index in [1.54, 1.807) is 70.3 Å². The van der Waals surface area contributed by atoms with Crippen LogP contribution in [0.15, 0.2) is 48.5 Å². The number of nitrogens with zero attached hydrogens (tertiary/aromatic N) is 4. The monoisotopic (exact) mass is 404 g/mol. The van der Waals surface area contributed by atoms with Crippen molar-refractivity contribution in [2.45, 2.75) is 22.8 Å². The maximum atomic E-state index is 12.8. The molecule has 0 bridgehead atoms.